The number of nitrogens with zero attached hydrogens (tertiary/aromatic N) is 1. The molecule has 0 saturated carbocycles. The molecule has 8 nitrogen and oxygen atoms in total. The Labute approximate surface area is 222 Å². The quantitative estimate of drug-likeness (QED) is 0.326. The minimum Gasteiger partial charge on any atom is -0.493 e. The van der Waals surface area contributed by atoms with Crippen LogP contribution in [-0.4, -0.2) is 56.4 Å². The molecular weight excluding hydrogens is 549 g/mol. The number of carbonyl (C=O) groups excluding carboxylic acids is 1. The van der Waals surface area contributed by atoms with Crippen molar-refractivity contribution in [2.45, 2.75) is 13.0 Å². The van der Waals surface area contributed by atoms with Crippen molar-refractivity contribution in [3.05, 3.63) is 81.6 Å². The van der Waals surface area contributed by atoms with Gasteiger partial charge >= 0.3 is 5.97 Å². The Hall–Kier alpha value is -3.79. The van der Waals surface area contributed by atoms with Gasteiger partial charge in [-0.3, -0.25) is 4.79 Å². The van der Waals surface area contributed by atoms with Crippen molar-refractivity contribution < 1.29 is 38.0 Å². The summed E-state index contributed by atoms with van der Waals surface area (Å²) >= 11 is 3.24. The number of hydrogen-bond donors (Lipinski definition) is 1. The molecule has 0 spiro atoms. The van der Waals surface area contributed by atoms with Crippen molar-refractivity contribution in [3.63, 3.8) is 0 Å². The van der Waals surface area contributed by atoms with E-state index in [4.69, 9.17) is 18.9 Å². The van der Waals surface area contributed by atoms with Crippen molar-refractivity contribution in [3.8, 4) is 23.0 Å². The molecule has 0 aromatic heterocycles. The summed E-state index contributed by atoms with van der Waals surface area (Å²) in [6.45, 7) is -0.172. The summed E-state index contributed by atoms with van der Waals surface area (Å²) in [7, 11) is 4.39. The van der Waals surface area contributed by atoms with Gasteiger partial charge in [-0.05, 0) is 36.2 Å². The molecule has 3 aromatic carbocycles. The Kier molecular flexibility index (Phi) is 9.73. The number of carbonyl (C=O) groups is 2. The average Bonchev–Trinajstić information content (AvgIpc) is 2.89. The fourth-order valence-corrected chi connectivity index (χ4v) is 4.22. The normalized spacial score (nSPS) is 10.5. The lowest BCUT2D eigenvalue weighted by molar-refractivity contribution is -0.134. The van der Waals surface area contributed by atoms with E-state index < -0.39 is 18.5 Å². The number of rotatable bonds is 12. The summed E-state index contributed by atoms with van der Waals surface area (Å²) in [6.07, 6.45) is 0.257. The van der Waals surface area contributed by atoms with Crippen molar-refractivity contribution in [2.24, 2.45) is 0 Å². The molecule has 0 fully saturated rings. The van der Waals surface area contributed by atoms with Gasteiger partial charge in [0.05, 0.1) is 21.3 Å². The number of para-hydroxylation sites is 1. The lowest BCUT2D eigenvalue weighted by Crippen LogP contribution is -2.36. The number of ether oxygens (including phenoxy) is 4. The van der Waals surface area contributed by atoms with Gasteiger partial charge in [0.25, 0.3) is 5.91 Å². The zero-order valence-electron chi connectivity index (χ0n) is 20.6. The summed E-state index contributed by atoms with van der Waals surface area (Å²) in [5, 5.41) is 9.61. The van der Waals surface area contributed by atoms with Gasteiger partial charge in [-0.25, -0.2) is 9.18 Å². The van der Waals surface area contributed by atoms with Crippen LogP contribution in [0.15, 0.2) is 59.1 Å². The first-order valence-electron chi connectivity index (χ1n) is 11.2. The maximum absolute atomic E-state index is 14.3. The molecule has 3 rings (SSSR count). The maximum Gasteiger partial charge on any atom is 0.339 e. The summed E-state index contributed by atoms with van der Waals surface area (Å²) in [5.41, 5.74) is 0.976. The lowest BCUT2D eigenvalue weighted by Gasteiger charge is -2.25. The second-order valence-electron chi connectivity index (χ2n) is 7.89. The van der Waals surface area contributed by atoms with Crippen molar-refractivity contribution in [1.29, 1.82) is 0 Å². The van der Waals surface area contributed by atoms with Crippen molar-refractivity contribution in [1.82, 2.24) is 4.90 Å². The van der Waals surface area contributed by atoms with Gasteiger partial charge in [0.15, 0.2) is 29.6 Å². The molecule has 0 atom stereocenters. The van der Waals surface area contributed by atoms with Crippen LogP contribution in [0.2, 0.25) is 0 Å². The molecule has 0 heterocycles. The van der Waals surface area contributed by atoms with Crippen LogP contribution in [0.25, 0.3) is 0 Å². The molecule has 0 aliphatic heterocycles. The number of carboxylic acid groups (broad SMARTS) is 1. The molecule has 0 aliphatic carbocycles. The van der Waals surface area contributed by atoms with Crippen LogP contribution in [0.3, 0.4) is 0 Å². The highest BCUT2D eigenvalue weighted by atomic mass is 79.9. The summed E-state index contributed by atoms with van der Waals surface area (Å²) in [6, 6.07) is 14.6. The number of aromatic carboxylic acids is 1. The van der Waals surface area contributed by atoms with E-state index in [1.165, 1.54) is 38.4 Å². The minimum atomic E-state index is -1.24. The number of benzene rings is 3. The number of carboxylic acids is 1. The lowest BCUT2D eigenvalue weighted by atomic mass is 10.1. The Morgan fingerprint density at radius 2 is 1.62 bits per heavy atom. The third kappa shape index (κ3) is 6.91. The standard InChI is InChI=1S/C27H27BrFNO7/c1-34-22-10-6-8-18(25(22)36-3)15-30(12-11-17-7-4-5-9-21(17)29)24(31)16-37-26-20(27(32)33)13-19(28)14-23(26)35-2/h4-10,13-14H,11-12,15-16H2,1-3H3,(H,32,33). The van der Waals surface area contributed by atoms with Crippen LogP contribution >= 0.6 is 15.9 Å². The van der Waals surface area contributed by atoms with Crippen LogP contribution < -0.4 is 18.9 Å². The van der Waals surface area contributed by atoms with E-state index in [0.29, 0.717) is 27.1 Å². The van der Waals surface area contributed by atoms with Crippen LogP contribution in [0.5, 0.6) is 23.0 Å². The summed E-state index contributed by atoms with van der Waals surface area (Å²) < 4.78 is 36.6. The van der Waals surface area contributed by atoms with E-state index in [1.807, 2.05) is 0 Å². The molecule has 0 aliphatic rings. The zero-order valence-corrected chi connectivity index (χ0v) is 22.2. The SMILES string of the molecule is COc1cccc(CN(CCc2ccccc2F)C(=O)COc2c(OC)cc(Br)cc2C(=O)O)c1OC. The number of methoxy groups -OCH3 is 3. The molecule has 1 N–H and O–H groups in total. The number of halogens is 2. The first kappa shape index (κ1) is 27.8. The summed E-state index contributed by atoms with van der Waals surface area (Å²) in [5.74, 6) is -0.981. The Morgan fingerprint density at radius 1 is 0.919 bits per heavy atom. The third-order valence-electron chi connectivity index (χ3n) is 5.62. The summed E-state index contributed by atoms with van der Waals surface area (Å²) in [4.78, 5) is 26.6. The fourth-order valence-electron chi connectivity index (χ4n) is 3.79. The van der Waals surface area contributed by atoms with E-state index in [2.05, 4.69) is 15.9 Å². The van der Waals surface area contributed by atoms with Gasteiger partial charge in [-0.1, -0.05) is 46.3 Å². The number of amides is 1. The second-order valence-corrected chi connectivity index (χ2v) is 8.80. The molecule has 0 unspecified atom stereocenters. The maximum atomic E-state index is 14.3. The third-order valence-corrected chi connectivity index (χ3v) is 6.08. The van der Waals surface area contributed by atoms with E-state index in [0.717, 1.165) is 0 Å². The van der Waals surface area contributed by atoms with E-state index in [-0.39, 0.29) is 42.4 Å². The topological polar surface area (TPSA) is 94.5 Å². The van der Waals surface area contributed by atoms with Gasteiger partial charge in [-0.2, -0.15) is 0 Å². The average molecular weight is 576 g/mol. The molecule has 0 saturated heterocycles. The largest absolute Gasteiger partial charge is 0.493 e. The Balaban J connectivity index is 1.88. The second kappa shape index (κ2) is 13.0. The van der Waals surface area contributed by atoms with Crippen LogP contribution in [0, 0.1) is 5.82 Å². The van der Waals surface area contributed by atoms with Gasteiger partial charge in [0, 0.05) is 23.1 Å². The van der Waals surface area contributed by atoms with Crippen LogP contribution in [-0.2, 0) is 17.8 Å². The first-order chi connectivity index (χ1) is 17.8. The van der Waals surface area contributed by atoms with E-state index in [1.54, 1.807) is 42.5 Å². The molecule has 196 valence electrons. The minimum absolute atomic E-state index is 0.0698. The van der Waals surface area contributed by atoms with Gasteiger partial charge < -0.3 is 29.0 Å². The zero-order chi connectivity index (χ0) is 26.9. The predicted octanol–water partition coefficient (Wildman–Crippen LogP) is 4.96. The van der Waals surface area contributed by atoms with E-state index >= 15 is 0 Å². The Bertz CT molecular complexity index is 1270. The van der Waals surface area contributed by atoms with Gasteiger partial charge in [0.1, 0.15) is 11.4 Å². The van der Waals surface area contributed by atoms with Crippen molar-refractivity contribution in [2.75, 3.05) is 34.5 Å². The molecule has 0 bridgehead atoms. The van der Waals surface area contributed by atoms with E-state index in [9.17, 15) is 19.1 Å². The highest BCUT2D eigenvalue weighted by molar-refractivity contribution is 9.10. The fraction of sp³-hybridized carbons (Fsp3) is 0.259. The first-order valence-corrected chi connectivity index (χ1v) is 12.0. The molecule has 10 heteroatoms. The van der Waals surface area contributed by atoms with Gasteiger partial charge in [-0.15, -0.1) is 0 Å². The predicted molar refractivity (Wildman–Crippen MR) is 138 cm³/mol. The van der Waals surface area contributed by atoms with Crippen LogP contribution in [0.4, 0.5) is 4.39 Å². The molecular formula is C27H27BrFNO7. The Morgan fingerprint density at radius 3 is 2.27 bits per heavy atom. The monoisotopic (exact) mass is 575 g/mol. The number of hydrogen-bond acceptors (Lipinski definition) is 6. The van der Waals surface area contributed by atoms with Crippen LogP contribution in [0.1, 0.15) is 21.5 Å². The van der Waals surface area contributed by atoms with Crippen molar-refractivity contribution >= 4 is 27.8 Å². The molecule has 0 radical (unpaired) electrons. The van der Waals surface area contributed by atoms with Gasteiger partial charge in [0.2, 0.25) is 0 Å². The smallest absolute Gasteiger partial charge is 0.339 e. The highest BCUT2D eigenvalue weighted by Gasteiger charge is 2.23. The highest BCUT2D eigenvalue weighted by Crippen LogP contribution is 2.35. The molecule has 37 heavy (non-hydrogen) atoms. The molecule has 1 amide bonds. The molecule has 3 aromatic rings.